The summed E-state index contributed by atoms with van der Waals surface area (Å²) < 4.78 is 4.33. The molecule has 3 nitrogen and oxygen atoms in total. The predicted octanol–water partition coefficient (Wildman–Crippen LogP) is 5.49. The van der Waals surface area contributed by atoms with Crippen molar-refractivity contribution in [3.05, 3.63) is 58.1 Å². The molecule has 0 fully saturated rings. The molecule has 1 atom stereocenters. The molecule has 0 aromatic heterocycles. The number of nitrogens with one attached hydrogen (secondary N) is 1. The van der Waals surface area contributed by atoms with Crippen LogP contribution in [0, 0.1) is 6.92 Å². The SMILES string of the molecule is Cc1ccc(SNc2cc(Br)cc3c2N(O)C(C)C=C3)cc1. The van der Waals surface area contributed by atoms with Gasteiger partial charge in [0.1, 0.15) is 0 Å². The summed E-state index contributed by atoms with van der Waals surface area (Å²) in [4.78, 5) is 1.13. The molecule has 3 rings (SSSR count). The van der Waals surface area contributed by atoms with E-state index in [4.69, 9.17) is 0 Å². The molecule has 1 heterocycles. The largest absolute Gasteiger partial charge is 0.324 e. The van der Waals surface area contributed by atoms with Crippen molar-refractivity contribution in [1.29, 1.82) is 0 Å². The van der Waals surface area contributed by atoms with Crippen molar-refractivity contribution in [2.45, 2.75) is 24.8 Å². The average Bonchev–Trinajstić information content (AvgIpc) is 2.50. The number of aryl methyl sites for hydroxylation is 1. The van der Waals surface area contributed by atoms with Crippen molar-refractivity contribution in [1.82, 2.24) is 0 Å². The number of nitrogens with zero attached hydrogens (tertiary/aromatic N) is 1. The van der Waals surface area contributed by atoms with Crippen LogP contribution in [0.2, 0.25) is 0 Å². The van der Waals surface area contributed by atoms with E-state index in [9.17, 15) is 5.21 Å². The number of hydrogen-bond acceptors (Lipinski definition) is 4. The molecule has 0 radical (unpaired) electrons. The Morgan fingerprint density at radius 2 is 1.95 bits per heavy atom. The first-order valence-electron chi connectivity index (χ1n) is 7.04. The van der Waals surface area contributed by atoms with E-state index in [1.165, 1.54) is 22.6 Å². The smallest absolute Gasteiger partial charge is 0.0953 e. The van der Waals surface area contributed by atoms with E-state index in [-0.39, 0.29) is 6.04 Å². The van der Waals surface area contributed by atoms with Gasteiger partial charge in [0.15, 0.2) is 0 Å². The maximum absolute atomic E-state index is 10.4. The van der Waals surface area contributed by atoms with Crippen LogP contribution < -0.4 is 9.79 Å². The Morgan fingerprint density at radius 3 is 2.68 bits per heavy atom. The van der Waals surface area contributed by atoms with E-state index in [1.54, 1.807) is 0 Å². The first kappa shape index (κ1) is 15.5. The molecule has 114 valence electrons. The van der Waals surface area contributed by atoms with E-state index in [0.717, 1.165) is 26.3 Å². The molecular formula is C17H17BrN2OS. The quantitative estimate of drug-likeness (QED) is 0.694. The summed E-state index contributed by atoms with van der Waals surface area (Å²) in [7, 11) is 0. The van der Waals surface area contributed by atoms with Crippen molar-refractivity contribution < 1.29 is 5.21 Å². The highest BCUT2D eigenvalue weighted by Gasteiger charge is 2.21. The minimum absolute atomic E-state index is 0.0430. The van der Waals surface area contributed by atoms with Gasteiger partial charge in [0.2, 0.25) is 0 Å². The van der Waals surface area contributed by atoms with Crippen molar-refractivity contribution >= 4 is 45.3 Å². The number of anilines is 2. The summed E-state index contributed by atoms with van der Waals surface area (Å²) >= 11 is 5.06. The van der Waals surface area contributed by atoms with Gasteiger partial charge in [-0.2, -0.15) is 0 Å². The Hall–Kier alpha value is -1.43. The van der Waals surface area contributed by atoms with Gasteiger partial charge in [0.25, 0.3) is 0 Å². The van der Waals surface area contributed by atoms with Crippen LogP contribution in [0.15, 0.2) is 51.8 Å². The summed E-state index contributed by atoms with van der Waals surface area (Å²) in [6, 6.07) is 12.3. The van der Waals surface area contributed by atoms with Crippen molar-refractivity contribution in [3.63, 3.8) is 0 Å². The third-order valence-electron chi connectivity index (χ3n) is 3.57. The maximum Gasteiger partial charge on any atom is 0.0953 e. The number of hydrogen-bond donors (Lipinski definition) is 2. The van der Waals surface area contributed by atoms with E-state index < -0.39 is 0 Å². The van der Waals surface area contributed by atoms with Crippen molar-refractivity contribution in [2.24, 2.45) is 0 Å². The molecular weight excluding hydrogens is 360 g/mol. The second-order valence-corrected chi connectivity index (χ2v) is 7.15. The Balaban J connectivity index is 1.89. The molecule has 2 N–H and O–H groups in total. The summed E-state index contributed by atoms with van der Waals surface area (Å²) in [6.07, 6.45) is 4.02. The molecule has 0 saturated carbocycles. The average molecular weight is 377 g/mol. The molecule has 5 heteroatoms. The molecule has 2 aromatic carbocycles. The van der Waals surface area contributed by atoms with Gasteiger partial charge >= 0.3 is 0 Å². The Labute approximate surface area is 143 Å². The normalized spacial score (nSPS) is 16.5. The highest BCUT2D eigenvalue weighted by Crippen LogP contribution is 2.39. The van der Waals surface area contributed by atoms with E-state index in [1.807, 2.05) is 31.2 Å². The maximum atomic E-state index is 10.4. The minimum Gasteiger partial charge on any atom is -0.324 e. The zero-order chi connectivity index (χ0) is 15.7. The van der Waals surface area contributed by atoms with Gasteiger partial charge in [-0.15, -0.1) is 0 Å². The van der Waals surface area contributed by atoms with Gasteiger partial charge in [-0.05, 0) is 50.1 Å². The van der Waals surface area contributed by atoms with Crippen LogP contribution in [0.4, 0.5) is 11.4 Å². The first-order chi connectivity index (χ1) is 10.5. The Bertz CT molecular complexity index is 715. The Kier molecular flexibility index (Phi) is 4.47. The number of hydroxylamine groups is 1. The summed E-state index contributed by atoms with van der Waals surface area (Å²) in [5, 5.41) is 11.7. The molecule has 2 aromatic rings. The lowest BCUT2D eigenvalue weighted by molar-refractivity contribution is 0.238. The van der Waals surface area contributed by atoms with Gasteiger partial charge in [-0.1, -0.05) is 45.8 Å². The fourth-order valence-electron chi connectivity index (χ4n) is 2.33. The number of fused-ring (bicyclic) bond motifs is 1. The number of benzene rings is 2. The molecule has 0 spiro atoms. The van der Waals surface area contributed by atoms with E-state index in [2.05, 4.69) is 51.8 Å². The van der Waals surface area contributed by atoms with E-state index in [0.29, 0.717) is 0 Å². The van der Waals surface area contributed by atoms with Crippen LogP contribution in [0.5, 0.6) is 0 Å². The third kappa shape index (κ3) is 3.16. The monoisotopic (exact) mass is 376 g/mol. The number of rotatable bonds is 3. The molecule has 1 unspecified atom stereocenters. The lowest BCUT2D eigenvalue weighted by Crippen LogP contribution is -2.30. The highest BCUT2D eigenvalue weighted by atomic mass is 79.9. The van der Waals surface area contributed by atoms with Crippen LogP contribution in [0.1, 0.15) is 18.1 Å². The van der Waals surface area contributed by atoms with E-state index >= 15 is 0 Å². The zero-order valence-electron chi connectivity index (χ0n) is 12.4. The molecule has 1 aliphatic rings. The summed E-state index contributed by atoms with van der Waals surface area (Å²) in [5.74, 6) is 0. The summed E-state index contributed by atoms with van der Waals surface area (Å²) in [5.41, 5.74) is 3.91. The molecule has 0 aliphatic carbocycles. The van der Waals surface area contributed by atoms with Gasteiger partial charge in [-0.3, -0.25) is 5.21 Å². The lowest BCUT2D eigenvalue weighted by atomic mass is 10.0. The minimum atomic E-state index is -0.0430. The van der Waals surface area contributed by atoms with Crippen LogP contribution in [-0.4, -0.2) is 11.2 Å². The van der Waals surface area contributed by atoms with Crippen molar-refractivity contribution in [2.75, 3.05) is 9.79 Å². The first-order valence-corrected chi connectivity index (χ1v) is 8.65. The molecule has 22 heavy (non-hydrogen) atoms. The number of halogens is 1. The molecule has 0 saturated heterocycles. The van der Waals surface area contributed by atoms with Crippen LogP contribution in [-0.2, 0) is 0 Å². The van der Waals surface area contributed by atoms with Crippen molar-refractivity contribution in [3.8, 4) is 0 Å². The van der Waals surface area contributed by atoms with Gasteiger partial charge in [0, 0.05) is 14.9 Å². The predicted molar refractivity (Wildman–Crippen MR) is 97.6 cm³/mol. The molecule has 0 amide bonds. The lowest BCUT2D eigenvalue weighted by Gasteiger charge is -2.30. The second-order valence-electron chi connectivity index (χ2n) is 5.35. The fraction of sp³-hybridized carbons (Fsp3) is 0.176. The van der Waals surface area contributed by atoms with Crippen LogP contribution in [0.3, 0.4) is 0 Å². The van der Waals surface area contributed by atoms with Crippen LogP contribution in [0.25, 0.3) is 6.08 Å². The van der Waals surface area contributed by atoms with Gasteiger partial charge in [-0.25, -0.2) is 5.06 Å². The second kappa shape index (κ2) is 6.36. The van der Waals surface area contributed by atoms with Gasteiger partial charge < -0.3 is 4.72 Å². The summed E-state index contributed by atoms with van der Waals surface area (Å²) in [6.45, 7) is 4.03. The third-order valence-corrected chi connectivity index (χ3v) is 4.86. The topological polar surface area (TPSA) is 35.5 Å². The molecule has 1 aliphatic heterocycles. The van der Waals surface area contributed by atoms with Gasteiger partial charge in [0.05, 0.1) is 17.4 Å². The fourth-order valence-corrected chi connectivity index (χ4v) is 3.46. The zero-order valence-corrected chi connectivity index (χ0v) is 14.8. The highest BCUT2D eigenvalue weighted by molar-refractivity contribution is 9.10. The Morgan fingerprint density at radius 1 is 1.23 bits per heavy atom. The standard InChI is InChI=1S/C17H17BrN2OS/c1-11-3-7-15(8-4-11)22-19-16-10-14(18)9-13-6-5-12(2)20(21)17(13)16/h3-10,12,19,21H,1-2H3. The van der Waals surface area contributed by atoms with Crippen LogP contribution >= 0.6 is 27.9 Å². The molecule has 0 bridgehead atoms.